The number of hydrogen-bond acceptors (Lipinski definition) is 3. The van der Waals surface area contributed by atoms with Gasteiger partial charge in [0, 0.05) is 28.8 Å². The summed E-state index contributed by atoms with van der Waals surface area (Å²) in [6.45, 7) is 2.19. The number of furan rings is 1. The molecule has 0 atom stereocenters. The van der Waals surface area contributed by atoms with E-state index in [0.29, 0.717) is 22.9 Å². The predicted octanol–water partition coefficient (Wildman–Crippen LogP) is 4.79. The lowest BCUT2D eigenvalue weighted by atomic mass is 10.1. The number of halogens is 1. The molecule has 2 aromatic carbocycles. The highest BCUT2D eigenvalue weighted by atomic mass is 35.5. The maximum absolute atomic E-state index is 12.6. The van der Waals surface area contributed by atoms with Gasteiger partial charge < -0.3 is 14.5 Å². The number of carbonyl (C=O) groups is 1. The summed E-state index contributed by atoms with van der Waals surface area (Å²) in [5.74, 6) is -0.0407. The molecule has 4 nitrogen and oxygen atoms in total. The third-order valence-electron chi connectivity index (χ3n) is 3.63. The third-order valence-corrected chi connectivity index (χ3v) is 3.86. The molecule has 0 radical (unpaired) electrons. The van der Waals surface area contributed by atoms with Gasteiger partial charge in [0.25, 0.3) is 5.91 Å². The van der Waals surface area contributed by atoms with Gasteiger partial charge in [0.15, 0.2) is 5.76 Å². The molecule has 23 heavy (non-hydrogen) atoms. The van der Waals surface area contributed by atoms with Gasteiger partial charge >= 0.3 is 0 Å². The number of benzene rings is 2. The van der Waals surface area contributed by atoms with Gasteiger partial charge in [0.1, 0.15) is 5.58 Å². The first-order valence-corrected chi connectivity index (χ1v) is 7.55. The predicted molar refractivity (Wildman–Crippen MR) is 91.1 cm³/mol. The summed E-state index contributed by atoms with van der Waals surface area (Å²) in [5, 5.41) is 4.38. The van der Waals surface area contributed by atoms with Crippen LogP contribution < -0.4 is 5.32 Å². The Hall–Kier alpha value is -2.30. The van der Waals surface area contributed by atoms with E-state index >= 15 is 0 Å². The zero-order valence-electron chi connectivity index (χ0n) is 12.9. The van der Waals surface area contributed by atoms with E-state index in [9.17, 15) is 4.79 Å². The van der Waals surface area contributed by atoms with Gasteiger partial charge in [-0.25, -0.2) is 0 Å². The van der Waals surface area contributed by atoms with E-state index in [-0.39, 0.29) is 11.7 Å². The summed E-state index contributed by atoms with van der Waals surface area (Å²) in [5.41, 5.74) is 2.99. The first-order chi connectivity index (χ1) is 11.1. The van der Waals surface area contributed by atoms with Crippen molar-refractivity contribution in [3.8, 4) is 0 Å². The normalized spacial score (nSPS) is 10.9. The van der Waals surface area contributed by atoms with Crippen LogP contribution in [-0.4, -0.2) is 13.0 Å². The zero-order valence-corrected chi connectivity index (χ0v) is 13.6. The van der Waals surface area contributed by atoms with Crippen molar-refractivity contribution in [1.29, 1.82) is 0 Å². The van der Waals surface area contributed by atoms with Gasteiger partial charge in [-0.05, 0) is 36.8 Å². The fraction of sp³-hybridized carbons (Fsp3) is 0.167. The van der Waals surface area contributed by atoms with Crippen LogP contribution in [0.5, 0.6) is 0 Å². The van der Waals surface area contributed by atoms with Crippen molar-refractivity contribution >= 4 is 34.2 Å². The maximum atomic E-state index is 12.6. The fourth-order valence-corrected chi connectivity index (χ4v) is 2.74. The van der Waals surface area contributed by atoms with Crippen molar-refractivity contribution in [1.82, 2.24) is 0 Å². The Bertz CT molecular complexity index is 870. The van der Waals surface area contributed by atoms with Crippen molar-refractivity contribution in [2.24, 2.45) is 0 Å². The number of ether oxygens (including phenoxy) is 1. The molecule has 0 saturated heterocycles. The second-order valence-corrected chi connectivity index (χ2v) is 5.69. The minimum absolute atomic E-state index is 0.266. The van der Waals surface area contributed by atoms with Gasteiger partial charge in [-0.1, -0.05) is 29.8 Å². The number of aryl methyl sites for hydroxylation is 1. The van der Waals surface area contributed by atoms with E-state index in [1.165, 1.54) is 0 Å². The van der Waals surface area contributed by atoms with Gasteiger partial charge in [-0.3, -0.25) is 4.79 Å². The van der Waals surface area contributed by atoms with Crippen LogP contribution in [0.2, 0.25) is 5.02 Å². The minimum atomic E-state index is -0.307. The number of para-hydroxylation sites is 1. The first kappa shape index (κ1) is 15.6. The molecule has 3 rings (SSSR count). The van der Waals surface area contributed by atoms with Crippen molar-refractivity contribution < 1.29 is 13.9 Å². The second kappa shape index (κ2) is 6.44. The summed E-state index contributed by atoms with van der Waals surface area (Å²) in [6.07, 6.45) is 0. The first-order valence-electron chi connectivity index (χ1n) is 7.17. The number of rotatable bonds is 4. The Labute approximate surface area is 139 Å². The van der Waals surface area contributed by atoms with E-state index < -0.39 is 0 Å². The van der Waals surface area contributed by atoms with Crippen molar-refractivity contribution in [3.63, 3.8) is 0 Å². The molecule has 1 N–H and O–H groups in total. The lowest BCUT2D eigenvalue weighted by molar-refractivity contribution is 0.0992. The smallest absolute Gasteiger partial charge is 0.291 e. The zero-order chi connectivity index (χ0) is 16.4. The third kappa shape index (κ3) is 3.09. The molecule has 0 saturated carbocycles. The number of anilines is 1. The van der Waals surface area contributed by atoms with Gasteiger partial charge in [-0.2, -0.15) is 0 Å². The Kier molecular flexibility index (Phi) is 4.37. The highest BCUT2D eigenvalue weighted by molar-refractivity contribution is 6.30. The fourth-order valence-electron chi connectivity index (χ4n) is 2.52. The Morgan fingerprint density at radius 2 is 2.04 bits per heavy atom. The molecule has 0 aliphatic heterocycles. The molecule has 1 heterocycles. The molecule has 0 aliphatic rings. The van der Waals surface area contributed by atoms with Crippen LogP contribution in [0.3, 0.4) is 0 Å². The van der Waals surface area contributed by atoms with Crippen LogP contribution in [0.4, 0.5) is 5.69 Å². The van der Waals surface area contributed by atoms with Crippen LogP contribution in [0.15, 0.2) is 46.9 Å². The molecule has 0 bridgehead atoms. The number of fused-ring (bicyclic) bond motifs is 1. The summed E-state index contributed by atoms with van der Waals surface area (Å²) in [7, 11) is 1.59. The van der Waals surface area contributed by atoms with Crippen LogP contribution in [0, 0.1) is 6.92 Å². The lowest BCUT2D eigenvalue weighted by Gasteiger charge is -2.08. The number of methoxy groups -OCH3 is 1. The SMILES string of the molecule is COCc1c(C(=O)Nc2ccc(Cl)cc2C)oc2ccccc12. The molecule has 0 aliphatic carbocycles. The van der Waals surface area contributed by atoms with E-state index in [4.69, 9.17) is 20.8 Å². The maximum Gasteiger partial charge on any atom is 0.291 e. The summed E-state index contributed by atoms with van der Waals surface area (Å²) in [6, 6.07) is 12.8. The number of amides is 1. The number of hydrogen-bond donors (Lipinski definition) is 1. The number of nitrogens with one attached hydrogen (secondary N) is 1. The van der Waals surface area contributed by atoms with Gasteiger partial charge in [-0.15, -0.1) is 0 Å². The standard InChI is InChI=1S/C18H16ClNO3/c1-11-9-12(19)7-8-15(11)20-18(21)17-14(10-22-2)13-5-3-4-6-16(13)23-17/h3-9H,10H2,1-2H3,(H,20,21). The minimum Gasteiger partial charge on any atom is -0.451 e. The molecule has 1 aromatic heterocycles. The highest BCUT2D eigenvalue weighted by Crippen LogP contribution is 2.28. The average molecular weight is 330 g/mol. The van der Waals surface area contributed by atoms with E-state index in [1.807, 2.05) is 31.2 Å². The largest absolute Gasteiger partial charge is 0.451 e. The molecule has 0 spiro atoms. The van der Waals surface area contributed by atoms with E-state index in [2.05, 4.69) is 5.32 Å². The monoisotopic (exact) mass is 329 g/mol. The van der Waals surface area contributed by atoms with E-state index in [1.54, 1.807) is 25.3 Å². The van der Waals surface area contributed by atoms with Gasteiger partial charge in [0.2, 0.25) is 0 Å². The molecule has 1 amide bonds. The van der Waals surface area contributed by atoms with E-state index in [0.717, 1.165) is 16.5 Å². The molecule has 3 aromatic rings. The Morgan fingerprint density at radius 3 is 2.78 bits per heavy atom. The second-order valence-electron chi connectivity index (χ2n) is 5.25. The molecule has 0 unspecified atom stereocenters. The lowest BCUT2D eigenvalue weighted by Crippen LogP contribution is -2.14. The van der Waals surface area contributed by atoms with Crippen molar-refractivity contribution in [3.05, 3.63) is 64.4 Å². The Balaban J connectivity index is 1.98. The van der Waals surface area contributed by atoms with Crippen LogP contribution in [0.1, 0.15) is 21.7 Å². The van der Waals surface area contributed by atoms with Crippen molar-refractivity contribution in [2.75, 3.05) is 12.4 Å². The van der Waals surface area contributed by atoms with Crippen LogP contribution >= 0.6 is 11.6 Å². The molecule has 0 fully saturated rings. The van der Waals surface area contributed by atoms with Crippen LogP contribution in [-0.2, 0) is 11.3 Å². The van der Waals surface area contributed by atoms with Gasteiger partial charge in [0.05, 0.1) is 6.61 Å². The topological polar surface area (TPSA) is 51.5 Å². The quantitative estimate of drug-likeness (QED) is 0.748. The molecular weight excluding hydrogens is 314 g/mol. The summed E-state index contributed by atoms with van der Waals surface area (Å²) < 4.78 is 10.9. The van der Waals surface area contributed by atoms with Crippen molar-refractivity contribution in [2.45, 2.75) is 13.5 Å². The average Bonchev–Trinajstić information content (AvgIpc) is 2.90. The molecular formula is C18H16ClNO3. The molecule has 118 valence electrons. The highest BCUT2D eigenvalue weighted by Gasteiger charge is 2.20. The summed E-state index contributed by atoms with van der Waals surface area (Å²) >= 11 is 5.94. The Morgan fingerprint density at radius 1 is 1.26 bits per heavy atom. The number of carbonyl (C=O) groups excluding carboxylic acids is 1. The summed E-state index contributed by atoms with van der Waals surface area (Å²) in [4.78, 5) is 12.6. The molecule has 5 heteroatoms. The van der Waals surface area contributed by atoms with Crippen LogP contribution in [0.25, 0.3) is 11.0 Å².